The Hall–Kier alpha value is -1.07. The lowest BCUT2D eigenvalue weighted by molar-refractivity contribution is 0.145. The number of aliphatic imine (C=N–C) groups is 1. The van der Waals surface area contributed by atoms with Crippen molar-refractivity contribution in [1.82, 2.24) is 5.32 Å². The third-order valence-corrected chi connectivity index (χ3v) is 4.84. The van der Waals surface area contributed by atoms with E-state index >= 15 is 0 Å². The summed E-state index contributed by atoms with van der Waals surface area (Å²) in [7, 11) is 1.69. The summed E-state index contributed by atoms with van der Waals surface area (Å²) in [6, 6.07) is 2.26. The molecule has 0 saturated carbocycles. The van der Waals surface area contributed by atoms with Gasteiger partial charge in [0.25, 0.3) is 0 Å². The number of rotatable bonds is 5. The monoisotopic (exact) mass is 352 g/mol. The van der Waals surface area contributed by atoms with E-state index in [1.807, 2.05) is 0 Å². The van der Waals surface area contributed by atoms with Gasteiger partial charge in [0.1, 0.15) is 18.2 Å². The molecule has 1 heterocycles. The molecule has 1 aliphatic heterocycles. The van der Waals surface area contributed by atoms with Gasteiger partial charge in [-0.05, 0) is 58.8 Å². The summed E-state index contributed by atoms with van der Waals surface area (Å²) in [6.07, 6.45) is 4.79. The van der Waals surface area contributed by atoms with Gasteiger partial charge in [0, 0.05) is 13.7 Å². The van der Waals surface area contributed by atoms with Gasteiger partial charge >= 0.3 is 0 Å². The van der Waals surface area contributed by atoms with Crippen molar-refractivity contribution in [2.24, 2.45) is 4.99 Å². The number of halogens is 1. The van der Waals surface area contributed by atoms with Crippen LogP contribution in [0.2, 0.25) is 0 Å². The highest BCUT2D eigenvalue weighted by atomic mass is 79.9. The largest absolute Gasteiger partial charge is 0.489 e. The zero-order valence-corrected chi connectivity index (χ0v) is 14.0. The first-order chi connectivity index (χ1) is 10.3. The van der Waals surface area contributed by atoms with Gasteiger partial charge in [0.05, 0.1) is 23.2 Å². The molecule has 1 N–H and O–H groups in total. The molecule has 3 rings (SSSR count). The number of nitrogens with one attached hydrogen (secondary N) is 1. The zero-order valence-electron chi connectivity index (χ0n) is 12.4. The fourth-order valence-corrected chi connectivity index (χ4v) is 3.74. The quantitative estimate of drug-likeness (QED) is 0.828. The van der Waals surface area contributed by atoms with Crippen LogP contribution in [0, 0.1) is 0 Å². The summed E-state index contributed by atoms with van der Waals surface area (Å²) in [4.78, 5) is 4.56. The lowest BCUT2D eigenvalue weighted by Crippen LogP contribution is -2.22. The van der Waals surface area contributed by atoms with E-state index in [2.05, 4.69) is 32.3 Å². The minimum absolute atomic E-state index is 0.550. The molecule has 2 aliphatic rings. The highest BCUT2D eigenvalue weighted by molar-refractivity contribution is 9.10. The van der Waals surface area contributed by atoms with Gasteiger partial charge in [-0.2, -0.15) is 0 Å². The Morgan fingerprint density at radius 3 is 2.90 bits per heavy atom. The SMILES string of the molecule is COCCOc1c(C2=NCCN2)cc2c(c1Br)CCCC2. The van der Waals surface area contributed by atoms with Crippen LogP contribution in [-0.2, 0) is 17.6 Å². The number of hydrogen-bond donors (Lipinski definition) is 1. The van der Waals surface area contributed by atoms with E-state index in [0.717, 1.165) is 47.6 Å². The standard InChI is InChI=1S/C16H21BrN2O2/c1-20-8-9-21-15-13(16-18-6-7-19-16)10-11-4-2-3-5-12(11)14(15)17/h10H,2-9H2,1H3,(H,18,19). The van der Waals surface area contributed by atoms with Crippen molar-refractivity contribution in [2.45, 2.75) is 25.7 Å². The van der Waals surface area contributed by atoms with Gasteiger partial charge in [-0.25, -0.2) is 0 Å². The molecule has 0 radical (unpaired) electrons. The van der Waals surface area contributed by atoms with Crippen molar-refractivity contribution in [3.05, 3.63) is 27.2 Å². The van der Waals surface area contributed by atoms with Crippen molar-refractivity contribution >= 4 is 21.8 Å². The second-order valence-corrected chi connectivity index (χ2v) is 6.20. The molecule has 1 aromatic carbocycles. The number of amidine groups is 1. The number of hydrogen-bond acceptors (Lipinski definition) is 4. The van der Waals surface area contributed by atoms with Crippen molar-refractivity contribution < 1.29 is 9.47 Å². The number of benzene rings is 1. The summed E-state index contributed by atoms with van der Waals surface area (Å²) in [5, 5.41) is 3.36. The van der Waals surface area contributed by atoms with Crippen LogP contribution >= 0.6 is 15.9 Å². The van der Waals surface area contributed by atoms with Crippen LogP contribution in [0.25, 0.3) is 0 Å². The Bertz CT molecular complexity index is 558. The maximum Gasteiger partial charge on any atom is 0.144 e. The fraction of sp³-hybridized carbons (Fsp3) is 0.562. The van der Waals surface area contributed by atoms with Crippen molar-refractivity contribution in [3.63, 3.8) is 0 Å². The van der Waals surface area contributed by atoms with Crippen LogP contribution in [0.15, 0.2) is 15.5 Å². The van der Waals surface area contributed by atoms with Crippen LogP contribution in [0.4, 0.5) is 0 Å². The molecule has 1 aliphatic carbocycles. The summed E-state index contributed by atoms with van der Waals surface area (Å²) in [6.45, 7) is 2.88. The lowest BCUT2D eigenvalue weighted by atomic mass is 9.89. The van der Waals surface area contributed by atoms with Crippen LogP contribution in [-0.4, -0.2) is 39.2 Å². The third-order valence-electron chi connectivity index (χ3n) is 4.00. The molecule has 1 aromatic rings. The Morgan fingerprint density at radius 2 is 2.14 bits per heavy atom. The molecule has 0 bridgehead atoms. The number of methoxy groups -OCH3 is 1. The van der Waals surface area contributed by atoms with E-state index in [-0.39, 0.29) is 0 Å². The van der Waals surface area contributed by atoms with Crippen LogP contribution in [0.5, 0.6) is 5.75 Å². The lowest BCUT2D eigenvalue weighted by Gasteiger charge is -2.22. The Balaban J connectivity index is 2.00. The normalized spacial score (nSPS) is 17.1. The molecule has 0 saturated heterocycles. The summed E-state index contributed by atoms with van der Waals surface area (Å²) in [5.41, 5.74) is 3.91. The first-order valence-corrected chi connectivity index (χ1v) is 8.35. The first kappa shape index (κ1) is 14.9. The Labute approximate surface area is 134 Å². The van der Waals surface area contributed by atoms with Crippen LogP contribution < -0.4 is 10.1 Å². The molecule has 4 nitrogen and oxygen atoms in total. The van der Waals surface area contributed by atoms with E-state index in [0.29, 0.717) is 13.2 Å². The van der Waals surface area contributed by atoms with E-state index in [9.17, 15) is 0 Å². The van der Waals surface area contributed by atoms with Gasteiger partial charge in [-0.3, -0.25) is 4.99 Å². The molecule has 0 atom stereocenters. The van der Waals surface area contributed by atoms with Crippen LogP contribution in [0.3, 0.4) is 0 Å². The van der Waals surface area contributed by atoms with Crippen LogP contribution in [0.1, 0.15) is 29.5 Å². The molecule has 0 amide bonds. The summed E-state index contributed by atoms with van der Waals surface area (Å²) < 4.78 is 12.2. The number of fused-ring (bicyclic) bond motifs is 1. The highest BCUT2D eigenvalue weighted by Gasteiger charge is 2.23. The molecular weight excluding hydrogens is 332 g/mol. The van der Waals surface area contributed by atoms with E-state index in [1.54, 1.807) is 7.11 Å². The van der Waals surface area contributed by atoms with Gasteiger partial charge in [0.15, 0.2) is 0 Å². The van der Waals surface area contributed by atoms with E-state index in [1.165, 1.54) is 24.0 Å². The molecule has 0 aromatic heterocycles. The Kier molecular flexibility index (Phi) is 4.80. The molecule has 0 spiro atoms. The zero-order chi connectivity index (χ0) is 14.7. The maximum atomic E-state index is 5.99. The Morgan fingerprint density at radius 1 is 1.29 bits per heavy atom. The smallest absolute Gasteiger partial charge is 0.144 e. The molecule has 0 fully saturated rings. The average Bonchev–Trinajstić information content (AvgIpc) is 3.04. The fourth-order valence-electron chi connectivity index (χ4n) is 2.96. The molecule has 0 unspecified atom stereocenters. The maximum absolute atomic E-state index is 5.99. The predicted molar refractivity (Wildman–Crippen MR) is 87.6 cm³/mol. The average molecular weight is 353 g/mol. The predicted octanol–water partition coefficient (Wildman–Crippen LogP) is 2.70. The number of ether oxygens (including phenoxy) is 2. The topological polar surface area (TPSA) is 42.9 Å². The minimum Gasteiger partial charge on any atom is -0.489 e. The van der Waals surface area contributed by atoms with Gasteiger partial charge in [-0.1, -0.05) is 0 Å². The van der Waals surface area contributed by atoms with Gasteiger partial charge in [-0.15, -0.1) is 0 Å². The van der Waals surface area contributed by atoms with Crippen molar-refractivity contribution in [2.75, 3.05) is 33.4 Å². The van der Waals surface area contributed by atoms with E-state index < -0.39 is 0 Å². The molecular formula is C16H21BrN2O2. The van der Waals surface area contributed by atoms with Gasteiger partial charge in [0.2, 0.25) is 0 Å². The number of aryl methyl sites for hydroxylation is 1. The molecule has 114 valence electrons. The summed E-state index contributed by atoms with van der Waals surface area (Å²) in [5.74, 6) is 1.86. The minimum atomic E-state index is 0.550. The van der Waals surface area contributed by atoms with Gasteiger partial charge < -0.3 is 14.8 Å². The van der Waals surface area contributed by atoms with Crippen molar-refractivity contribution in [1.29, 1.82) is 0 Å². The first-order valence-electron chi connectivity index (χ1n) is 7.56. The molecule has 5 heteroatoms. The second kappa shape index (κ2) is 6.79. The van der Waals surface area contributed by atoms with Crippen molar-refractivity contribution in [3.8, 4) is 5.75 Å². The second-order valence-electron chi connectivity index (χ2n) is 5.41. The number of nitrogens with zero attached hydrogens (tertiary/aromatic N) is 1. The molecule has 21 heavy (non-hydrogen) atoms. The highest BCUT2D eigenvalue weighted by Crippen LogP contribution is 2.38. The third kappa shape index (κ3) is 3.09. The summed E-state index contributed by atoms with van der Waals surface area (Å²) >= 11 is 3.77. The van der Waals surface area contributed by atoms with E-state index in [4.69, 9.17) is 9.47 Å².